The quantitative estimate of drug-likeness (QED) is 0.669. The molecule has 1 atom stereocenters. The number of benzene rings is 1. The van der Waals surface area contributed by atoms with Crippen LogP contribution >= 0.6 is 0 Å². The van der Waals surface area contributed by atoms with Gasteiger partial charge in [0.05, 0.1) is 20.8 Å². The van der Waals surface area contributed by atoms with Crippen molar-refractivity contribution in [2.24, 2.45) is 0 Å². The molecule has 1 unspecified atom stereocenters. The van der Waals surface area contributed by atoms with Gasteiger partial charge in [0.1, 0.15) is 11.5 Å². The Hall–Kier alpha value is -2.28. The maximum atomic E-state index is 11.5. The van der Waals surface area contributed by atoms with Gasteiger partial charge < -0.3 is 24.6 Å². The monoisotopic (exact) mass is 283 g/mol. The van der Waals surface area contributed by atoms with Crippen LogP contribution in [0.15, 0.2) is 24.3 Å². The van der Waals surface area contributed by atoms with Crippen LogP contribution in [-0.2, 0) is 14.3 Å². The van der Waals surface area contributed by atoms with E-state index in [1.807, 2.05) is 0 Å². The first-order chi connectivity index (χ1) is 9.60. The van der Waals surface area contributed by atoms with Crippen LogP contribution in [-0.4, -0.2) is 50.5 Å². The van der Waals surface area contributed by atoms with Crippen molar-refractivity contribution in [3.63, 3.8) is 0 Å². The average molecular weight is 283 g/mol. The van der Waals surface area contributed by atoms with Crippen LogP contribution in [0.2, 0.25) is 0 Å². The summed E-state index contributed by atoms with van der Waals surface area (Å²) >= 11 is 0. The van der Waals surface area contributed by atoms with Gasteiger partial charge >= 0.3 is 5.97 Å². The second-order valence-corrected chi connectivity index (χ2v) is 3.79. The van der Waals surface area contributed by atoms with Crippen molar-refractivity contribution in [2.75, 3.05) is 27.4 Å². The van der Waals surface area contributed by atoms with Crippen LogP contribution in [0.5, 0.6) is 11.5 Å². The molecule has 1 aromatic rings. The molecule has 7 nitrogen and oxygen atoms in total. The van der Waals surface area contributed by atoms with E-state index in [1.165, 1.54) is 7.11 Å². The van der Waals surface area contributed by atoms with E-state index >= 15 is 0 Å². The highest BCUT2D eigenvalue weighted by molar-refractivity contribution is 5.85. The molecule has 1 rings (SSSR count). The minimum Gasteiger partial charge on any atom is -0.497 e. The first-order valence-corrected chi connectivity index (χ1v) is 5.85. The third-order valence-electron chi connectivity index (χ3n) is 2.43. The standard InChI is InChI=1S/C13H17NO6/c1-18-9-3-5-10(6-4-9)20-8-12(16)14-11(7-15)13(17)19-2/h3-6,11,15H,7-8H2,1-2H3,(H,14,16). The van der Waals surface area contributed by atoms with Crippen LogP contribution in [0.4, 0.5) is 0 Å². The molecule has 0 aromatic heterocycles. The zero-order valence-corrected chi connectivity index (χ0v) is 11.3. The number of methoxy groups -OCH3 is 2. The molecule has 0 spiro atoms. The average Bonchev–Trinajstić information content (AvgIpc) is 2.50. The smallest absolute Gasteiger partial charge is 0.330 e. The number of aliphatic hydroxyl groups is 1. The van der Waals surface area contributed by atoms with Gasteiger partial charge in [-0.15, -0.1) is 0 Å². The largest absolute Gasteiger partial charge is 0.497 e. The van der Waals surface area contributed by atoms with E-state index < -0.39 is 24.5 Å². The molecule has 7 heteroatoms. The van der Waals surface area contributed by atoms with Crippen molar-refractivity contribution >= 4 is 11.9 Å². The number of aliphatic hydroxyl groups excluding tert-OH is 1. The van der Waals surface area contributed by atoms with Crippen molar-refractivity contribution in [1.82, 2.24) is 5.32 Å². The Balaban J connectivity index is 2.43. The molecule has 0 saturated heterocycles. The molecule has 110 valence electrons. The first kappa shape index (κ1) is 15.8. The molecule has 20 heavy (non-hydrogen) atoms. The highest BCUT2D eigenvalue weighted by Crippen LogP contribution is 2.16. The van der Waals surface area contributed by atoms with Gasteiger partial charge in [0.2, 0.25) is 0 Å². The molecule has 1 aromatic carbocycles. The van der Waals surface area contributed by atoms with E-state index in [9.17, 15) is 9.59 Å². The lowest BCUT2D eigenvalue weighted by Gasteiger charge is -2.14. The number of ether oxygens (including phenoxy) is 3. The summed E-state index contributed by atoms with van der Waals surface area (Å²) < 4.78 is 14.6. The van der Waals surface area contributed by atoms with Crippen molar-refractivity contribution in [3.05, 3.63) is 24.3 Å². The molecule has 0 heterocycles. The van der Waals surface area contributed by atoms with E-state index in [0.717, 1.165) is 0 Å². The van der Waals surface area contributed by atoms with Gasteiger partial charge in [-0.25, -0.2) is 4.79 Å². The lowest BCUT2D eigenvalue weighted by Crippen LogP contribution is -2.45. The maximum Gasteiger partial charge on any atom is 0.330 e. The Morgan fingerprint density at radius 3 is 2.30 bits per heavy atom. The number of rotatable bonds is 7. The molecule has 0 aliphatic rings. The predicted octanol–water partition coefficient (Wildman–Crippen LogP) is -0.276. The molecule has 0 aliphatic heterocycles. The van der Waals surface area contributed by atoms with Gasteiger partial charge in [-0.3, -0.25) is 4.79 Å². The minimum absolute atomic E-state index is 0.278. The third kappa shape index (κ3) is 4.77. The number of esters is 1. The minimum atomic E-state index is -1.09. The van der Waals surface area contributed by atoms with Gasteiger partial charge in [-0.2, -0.15) is 0 Å². The van der Waals surface area contributed by atoms with E-state index in [0.29, 0.717) is 11.5 Å². The van der Waals surface area contributed by atoms with E-state index in [4.69, 9.17) is 14.6 Å². The van der Waals surface area contributed by atoms with Crippen LogP contribution in [0.25, 0.3) is 0 Å². The van der Waals surface area contributed by atoms with E-state index in [2.05, 4.69) is 10.1 Å². The number of hydrogen-bond donors (Lipinski definition) is 2. The lowest BCUT2D eigenvalue weighted by molar-refractivity contribution is -0.146. The number of carbonyl (C=O) groups is 2. The molecule has 0 fully saturated rings. The number of hydrogen-bond acceptors (Lipinski definition) is 6. The summed E-state index contributed by atoms with van der Waals surface area (Å²) in [5, 5.41) is 11.2. The van der Waals surface area contributed by atoms with Gasteiger partial charge in [-0.1, -0.05) is 0 Å². The van der Waals surface area contributed by atoms with E-state index in [1.54, 1.807) is 31.4 Å². The Morgan fingerprint density at radius 1 is 1.20 bits per heavy atom. The Morgan fingerprint density at radius 2 is 1.80 bits per heavy atom. The van der Waals surface area contributed by atoms with Crippen molar-refractivity contribution in [2.45, 2.75) is 6.04 Å². The van der Waals surface area contributed by atoms with Crippen molar-refractivity contribution in [1.29, 1.82) is 0 Å². The fourth-order valence-corrected chi connectivity index (χ4v) is 1.38. The lowest BCUT2D eigenvalue weighted by atomic mass is 10.3. The predicted molar refractivity (Wildman–Crippen MR) is 69.5 cm³/mol. The van der Waals surface area contributed by atoms with Crippen molar-refractivity contribution < 1.29 is 28.9 Å². The molecule has 0 saturated carbocycles. The summed E-state index contributed by atoms with van der Waals surface area (Å²) in [4.78, 5) is 22.7. The summed E-state index contributed by atoms with van der Waals surface area (Å²) in [6.07, 6.45) is 0. The normalized spacial score (nSPS) is 11.3. The molecule has 2 N–H and O–H groups in total. The summed E-state index contributed by atoms with van der Waals surface area (Å²) in [6.45, 7) is -0.819. The van der Waals surface area contributed by atoms with Crippen LogP contribution < -0.4 is 14.8 Å². The molecule has 0 aliphatic carbocycles. The van der Waals surface area contributed by atoms with Crippen LogP contribution in [0.3, 0.4) is 0 Å². The topological polar surface area (TPSA) is 94.1 Å². The molecule has 1 amide bonds. The fourth-order valence-electron chi connectivity index (χ4n) is 1.38. The second kappa shape index (κ2) is 8.00. The highest BCUT2D eigenvalue weighted by atomic mass is 16.5. The molecular weight excluding hydrogens is 266 g/mol. The maximum absolute atomic E-state index is 11.5. The van der Waals surface area contributed by atoms with Gasteiger partial charge in [0, 0.05) is 0 Å². The Bertz CT molecular complexity index is 445. The molecule has 0 radical (unpaired) electrons. The first-order valence-electron chi connectivity index (χ1n) is 5.85. The zero-order valence-electron chi connectivity index (χ0n) is 11.3. The summed E-state index contributed by atoms with van der Waals surface area (Å²) in [6, 6.07) is 5.59. The Kier molecular flexibility index (Phi) is 6.31. The zero-order chi connectivity index (χ0) is 15.0. The number of amides is 1. The fraction of sp³-hybridized carbons (Fsp3) is 0.385. The SMILES string of the molecule is COC(=O)C(CO)NC(=O)COc1ccc(OC)cc1. The van der Waals surface area contributed by atoms with Gasteiger partial charge in [0.25, 0.3) is 5.91 Å². The van der Waals surface area contributed by atoms with Gasteiger partial charge in [0.15, 0.2) is 12.6 Å². The molecule has 0 bridgehead atoms. The van der Waals surface area contributed by atoms with Crippen molar-refractivity contribution in [3.8, 4) is 11.5 Å². The number of carbonyl (C=O) groups excluding carboxylic acids is 2. The molecular formula is C13H17NO6. The highest BCUT2D eigenvalue weighted by Gasteiger charge is 2.20. The summed E-state index contributed by atoms with van der Waals surface area (Å²) in [5.41, 5.74) is 0. The third-order valence-corrected chi connectivity index (χ3v) is 2.43. The Labute approximate surface area is 116 Å². The van der Waals surface area contributed by atoms with Crippen LogP contribution in [0.1, 0.15) is 0 Å². The van der Waals surface area contributed by atoms with E-state index in [-0.39, 0.29) is 6.61 Å². The summed E-state index contributed by atoms with van der Waals surface area (Å²) in [5.74, 6) is -0.0945. The van der Waals surface area contributed by atoms with Gasteiger partial charge in [-0.05, 0) is 24.3 Å². The second-order valence-electron chi connectivity index (χ2n) is 3.79. The summed E-state index contributed by atoms with van der Waals surface area (Å²) in [7, 11) is 2.72. The van der Waals surface area contributed by atoms with Crippen LogP contribution in [0, 0.1) is 0 Å². The number of nitrogens with one attached hydrogen (secondary N) is 1.